The molecule has 0 radical (unpaired) electrons. The van der Waals surface area contributed by atoms with Gasteiger partial charge in [0.15, 0.2) is 11.5 Å². The van der Waals surface area contributed by atoms with Crippen LogP contribution in [0.25, 0.3) is 0 Å². The Labute approximate surface area is 162 Å². The molecule has 1 N–H and O–H groups in total. The zero-order valence-electron chi connectivity index (χ0n) is 16.0. The number of carbonyl (C=O) groups excluding carboxylic acids is 3. The van der Waals surface area contributed by atoms with E-state index in [1.54, 1.807) is 12.1 Å². The second-order valence-corrected chi connectivity index (χ2v) is 6.18. The van der Waals surface area contributed by atoms with Gasteiger partial charge in [0, 0.05) is 11.8 Å². The normalized spacial score (nSPS) is 12.6. The molecular weight excluding hydrogens is 364 g/mol. The SMILES string of the molecule is COc1cc2c(c(OC)c1OC)C(=O)C(=O)N2CC(=O)Nc1cccc(C)c1. The zero-order chi connectivity index (χ0) is 20.4. The number of ketones is 1. The topological polar surface area (TPSA) is 94.2 Å². The Morgan fingerprint density at radius 3 is 2.36 bits per heavy atom. The predicted octanol–water partition coefficient (Wildman–Crippen LogP) is 2.19. The van der Waals surface area contributed by atoms with Gasteiger partial charge in [-0.15, -0.1) is 0 Å². The Bertz CT molecular complexity index is 969. The monoisotopic (exact) mass is 384 g/mol. The third-order valence-corrected chi connectivity index (χ3v) is 4.37. The van der Waals surface area contributed by atoms with Crippen molar-refractivity contribution >= 4 is 29.0 Å². The third-order valence-electron chi connectivity index (χ3n) is 4.37. The van der Waals surface area contributed by atoms with Crippen molar-refractivity contribution in [3.8, 4) is 17.2 Å². The molecule has 1 heterocycles. The van der Waals surface area contributed by atoms with Gasteiger partial charge in [0.1, 0.15) is 6.54 Å². The summed E-state index contributed by atoms with van der Waals surface area (Å²) < 4.78 is 15.8. The number of nitrogens with one attached hydrogen (secondary N) is 1. The van der Waals surface area contributed by atoms with E-state index >= 15 is 0 Å². The number of Topliss-reactive ketones (excluding diaryl/α,β-unsaturated/α-hetero) is 1. The standard InChI is InChI=1S/C20H20N2O6/c1-11-6-5-7-12(8-11)21-15(23)10-22-13-9-14(26-2)18(27-3)19(28-4)16(13)17(24)20(22)25/h5-9H,10H2,1-4H3,(H,21,23). The molecule has 0 fully saturated rings. The lowest BCUT2D eigenvalue weighted by atomic mass is 10.1. The average Bonchev–Trinajstić information content (AvgIpc) is 2.91. The number of aryl methyl sites for hydroxylation is 1. The van der Waals surface area contributed by atoms with E-state index in [2.05, 4.69) is 5.32 Å². The maximum atomic E-state index is 12.5. The van der Waals surface area contributed by atoms with E-state index in [1.807, 2.05) is 19.1 Å². The summed E-state index contributed by atoms with van der Waals surface area (Å²) in [7, 11) is 4.20. The number of anilines is 2. The van der Waals surface area contributed by atoms with Gasteiger partial charge in [-0.25, -0.2) is 0 Å². The number of hydrogen-bond donors (Lipinski definition) is 1. The lowest BCUT2D eigenvalue weighted by Crippen LogP contribution is -2.37. The first kappa shape index (κ1) is 19.2. The first-order valence-corrected chi connectivity index (χ1v) is 8.47. The van der Waals surface area contributed by atoms with Gasteiger partial charge in [-0.3, -0.25) is 19.3 Å². The molecule has 146 valence electrons. The van der Waals surface area contributed by atoms with Gasteiger partial charge >= 0.3 is 0 Å². The number of methoxy groups -OCH3 is 3. The van der Waals surface area contributed by atoms with E-state index in [-0.39, 0.29) is 35.0 Å². The maximum absolute atomic E-state index is 12.5. The second-order valence-electron chi connectivity index (χ2n) is 6.18. The van der Waals surface area contributed by atoms with Crippen molar-refractivity contribution < 1.29 is 28.6 Å². The summed E-state index contributed by atoms with van der Waals surface area (Å²) >= 11 is 0. The van der Waals surface area contributed by atoms with Crippen LogP contribution in [0.4, 0.5) is 11.4 Å². The van der Waals surface area contributed by atoms with Crippen molar-refractivity contribution in [3.63, 3.8) is 0 Å². The van der Waals surface area contributed by atoms with Gasteiger partial charge in [0.05, 0.1) is 32.6 Å². The molecule has 0 aromatic heterocycles. The minimum absolute atomic E-state index is 0.0495. The van der Waals surface area contributed by atoms with Crippen LogP contribution in [-0.4, -0.2) is 45.5 Å². The fraction of sp³-hybridized carbons (Fsp3) is 0.250. The number of benzene rings is 2. The number of carbonyl (C=O) groups is 3. The maximum Gasteiger partial charge on any atom is 0.300 e. The highest BCUT2D eigenvalue weighted by molar-refractivity contribution is 6.53. The van der Waals surface area contributed by atoms with Crippen molar-refractivity contribution in [3.05, 3.63) is 41.5 Å². The van der Waals surface area contributed by atoms with Gasteiger partial charge in [-0.1, -0.05) is 12.1 Å². The molecule has 28 heavy (non-hydrogen) atoms. The van der Waals surface area contributed by atoms with Crippen LogP contribution < -0.4 is 24.4 Å². The van der Waals surface area contributed by atoms with E-state index in [1.165, 1.54) is 27.4 Å². The molecule has 0 aliphatic carbocycles. The molecule has 2 aromatic carbocycles. The lowest BCUT2D eigenvalue weighted by molar-refractivity contribution is -0.118. The van der Waals surface area contributed by atoms with Crippen molar-refractivity contribution in [1.82, 2.24) is 0 Å². The van der Waals surface area contributed by atoms with Crippen LogP contribution in [0.15, 0.2) is 30.3 Å². The van der Waals surface area contributed by atoms with Crippen molar-refractivity contribution in [1.29, 1.82) is 0 Å². The minimum atomic E-state index is -0.817. The van der Waals surface area contributed by atoms with Crippen molar-refractivity contribution in [2.45, 2.75) is 6.92 Å². The highest BCUT2D eigenvalue weighted by atomic mass is 16.5. The van der Waals surface area contributed by atoms with Gasteiger partial charge in [-0.05, 0) is 24.6 Å². The summed E-state index contributed by atoms with van der Waals surface area (Å²) in [5, 5.41) is 2.72. The van der Waals surface area contributed by atoms with Gasteiger partial charge in [0.25, 0.3) is 11.7 Å². The summed E-state index contributed by atoms with van der Waals surface area (Å²) in [6.45, 7) is 1.57. The van der Waals surface area contributed by atoms with Crippen LogP contribution in [0.2, 0.25) is 0 Å². The van der Waals surface area contributed by atoms with E-state index in [9.17, 15) is 14.4 Å². The van der Waals surface area contributed by atoms with Crippen LogP contribution >= 0.6 is 0 Å². The van der Waals surface area contributed by atoms with Crippen molar-refractivity contribution in [2.24, 2.45) is 0 Å². The Morgan fingerprint density at radius 1 is 1.04 bits per heavy atom. The molecule has 0 bridgehead atoms. The molecule has 0 saturated carbocycles. The second kappa shape index (κ2) is 7.59. The van der Waals surface area contributed by atoms with E-state index in [0.717, 1.165) is 10.5 Å². The van der Waals surface area contributed by atoms with Crippen LogP contribution in [-0.2, 0) is 9.59 Å². The molecule has 2 aromatic rings. The Hall–Kier alpha value is -3.55. The first-order valence-electron chi connectivity index (χ1n) is 8.47. The van der Waals surface area contributed by atoms with E-state index in [0.29, 0.717) is 5.69 Å². The molecule has 1 aliphatic heterocycles. The molecule has 1 aliphatic rings. The zero-order valence-corrected chi connectivity index (χ0v) is 16.0. The quantitative estimate of drug-likeness (QED) is 0.768. The Morgan fingerprint density at radius 2 is 1.75 bits per heavy atom. The molecule has 8 heteroatoms. The highest BCUT2D eigenvalue weighted by Crippen LogP contribution is 2.47. The van der Waals surface area contributed by atoms with Gasteiger partial charge in [-0.2, -0.15) is 0 Å². The van der Waals surface area contributed by atoms with Gasteiger partial charge in [0.2, 0.25) is 11.7 Å². The molecule has 3 rings (SSSR count). The van der Waals surface area contributed by atoms with E-state index in [4.69, 9.17) is 14.2 Å². The van der Waals surface area contributed by atoms with Crippen LogP contribution in [0.5, 0.6) is 17.2 Å². The lowest BCUT2D eigenvalue weighted by Gasteiger charge is -2.19. The van der Waals surface area contributed by atoms with Crippen LogP contribution in [0.3, 0.4) is 0 Å². The molecule has 0 atom stereocenters. The average molecular weight is 384 g/mol. The smallest absolute Gasteiger partial charge is 0.300 e. The predicted molar refractivity (Wildman–Crippen MR) is 103 cm³/mol. The summed E-state index contributed by atoms with van der Waals surface area (Å²) in [4.78, 5) is 38.6. The third kappa shape index (κ3) is 3.24. The fourth-order valence-corrected chi connectivity index (χ4v) is 3.14. The number of fused-ring (bicyclic) bond motifs is 1. The Balaban J connectivity index is 1.95. The number of nitrogens with zero attached hydrogens (tertiary/aromatic N) is 1. The summed E-state index contributed by atoms with van der Waals surface area (Å²) in [5.74, 6) is -1.44. The fourth-order valence-electron chi connectivity index (χ4n) is 3.14. The largest absolute Gasteiger partial charge is 0.493 e. The number of amides is 2. The van der Waals surface area contributed by atoms with Gasteiger partial charge < -0.3 is 19.5 Å². The van der Waals surface area contributed by atoms with Crippen LogP contribution in [0.1, 0.15) is 15.9 Å². The summed E-state index contributed by atoms with van der Waals surface area (Å²) in [6, 6.07) is 8.75. The van der Waals surface area contributed by atoms with E-state index < -0.39 is 17.6 Å². The molecule has 2 amide bonds. The molecule has 8 nitrogen and oxygen atoms in total. The number of ether oxygens (including phenoxy) is 3. The number of rotatable bonds is 6. The van der Waals surface area contributed by atoms with Crippen LogP contribution in [0, 0.1) is 6.92 Å². The van der Waals surface area contributed by atoms with Crippen molar-refractivity contribution in [2.75, 3.05) is 38.1 Å². The first-order chi connectivity index (χ1) is 13.4. The minimum Gasteiger partial charge on any atom is -0.493 e. The highest BCUT2D eigenvalue weighted by Gasteiger charge is 2.42. The molecule has 0 spiro atoms. The molecule has 0 unspecified atom stereocenters. The Kier molecular flexibility index (Phi) is 5.21. The molecular formula is C20H20N2O6. The summed E-state index contributed by atoms with van der Waals surface area (Å²) in [5.41, 5.74) is 1.88. The molecule has 0 saturated heterocycles. The number of hydrogen-bond acceptors (Lipinski definition) is 6. The summed E-state index contributed by atoms with van der Waals surface area (Å²) in [6.07, 6.45) is 0.